The van der Waals surface area contributed by atoms with Crippen LogP contribution in [-0.4, -0.2) is 25.3 Å². The number of ether oxygens (including phenoxy) is 1. The molecule has 3 N–H and O–H groups in total. The molecule has 0 unspecified atom stereocenters. The lowest BCUT2D eigenvalue weighted by Crippen LogP contribution is -2.32. The molecule has 20 heavy (non-hydrogen) atoms. The lowest BCUT2D eigenvalue weighted by Gasteiger charge is -2.19. The van der Waals surface area contributed by atoms with Gasteiger partial charge in [0.15, 0.2) is 0 Å². The number of nitrogens with one attached hydrogen (secondary N) is 1. The molecular weight excluding hydrogens is 256 g/mol. The molecule has 0 aliphatic carbocycles. The standard InChI is InChI=1S/C14H29NO2.CH5NO/c1-5-6-7-8-9-10-11-12-15-13(16)17-14(2,3)4;1-3-2/h5-12H2,1-4H3,(H,15,16);2H2,1H3. The van der Waals surface area contributed by atoms with Crippen LogP contribution in [0.15, 0.2) is 0 Å². The highest BCUT2D eigenvalue weighted by Gasteiger charge is 2.15. The minimum Gasteiger partial charge on any atom is -0.444 e. The fourth-order valence-electron chi connectivity index (χ4n) is 1.59. The van der Waals surface area contributed by atoms with Crippen molar-refractivity contribution < 1.29 is 14.4 Å². The Kier molecular flexibility index (Phi) is 15.7. The van der Waals surface area contributed by atoms with E-state index in [0.717, 1.165) is 13.0 Å². The van der Waals surface area contributed by atoms with Crippen molar-refractivity contribution in [2.45, 2.75) is 78.2 Å². The van der Waals surface area contributed by atoms with Crippen molar-refractivity contribution in [2.24, 2.45) is 5.90 Å². The zero-order valence-corrected chi connectivity index (χ0v) is 14.0. The molecule has 0 bridgehead atoms. The zero-order valence-electron chi connectivity index (χ0n) is 14.0. The highest BCUT2D eigenvalue weighted by Crippen LogP contribution is 2.07. The summed E-state index contributed by atoms with van der Waals surface area (Å²) in [6, 6.07) is 0. The Balaban J connectivity index is 0. The van der Waals surface area contributed by atoms with Crippen LogP contribution in [0.5, 0.6) is 0 Å². The smallest absolute Gasteiger partial charge is 0.407 e. The molecule has 0 saturated heterocycles. The maximum atomic E-state index is 11.3. The Bertz CT molecular complexity index is 216. The van der Waals surface area contributed by atoms with Crippen LogP contribution in [0, 0.1) is 0 Å². The third-order valence-electron chi connectivity index (χ3n) is 2.45. The van der Waals surface area contributed by atoms with Crippen molar-refractivity contribution in [3.05, 3.63) is 0 Å². The van der Waals surface area contributed by atoms with Gasteiger partial charge in [0.1, 0.15) is 5.60 Å². The van der Waals surface area contributed by atoms with Crippen LogP contribution in [-0.2, 0) is 9.57 Å². The number of carbonyl (C=O) groups is 1. The number of unbranched alkanes of at least 4 members (excludes halogenated alkanes) is 6. The van der Waals surface area contributed by atoms with Crippen LogP contribution in [0.25, 0.3) is 0 Å². The van der Waals surface area contributed by atoms with Crippen LogP contribution in [0.2, 0.25) is 0 Å². The van der Waals surface area contributed by atoms with Crippen molar-refractivity contribution in [2.75, 3.05) is 13.7 Å². The summed E-state index contributed by atoms with van der Waals surface area (Å²) in [5.74, 6) is 4.35. The summed E-state index contributed by atoms with van der Waals surface area (Å²) >= 11 is 0. The summed E-state index contributed by atoms with van der Waals surface area (Å²) < 4.78 is 5.15. The summed E-state index contributed by atoms with van der Waals surface area (Å²) in [4.78, 5) is 15.0. The molecule has 0 aromatic carbocycles. The zero-order chi connectivity index (χ0) is 15.9. The highest BCUT2D eigenvalue weighted by molar-refractivity contribution is 5.67. The molecule has 0 heterocycles. The number of hydrogen-bond acceptors (Lipinski definition) is 4. The van der Waals surface area contributed by atoms with Crippen LogP contribution < -0.4 is 11.2 Å². The summed E-state index contributed by atoms with van der Waals surface area (Å²) in [6.07, 6.45) is 8.51. The first-order valence-corrected chi connectivity index (χ1v) is 7.57. The Morgan fingerprint density at radius 2 is 1.50 bits per heavy atom. The minimum atomic E-state index is -0.399. The number of rotatable bonds is 8. The number of amides is 1. The van der Waals surface area contributed by atoms with E-state index in [4.69, 9.17) is 4.74 Å². The van der Waals surface area contributed by atoms with Gasteiger partial charge in [-0.3, -0.25) is 0 Å². The second kappa shape index (κ2) is 14.6. The fraction of sp³-hybridized carbons (Fsp3) is 0.933. The molecule has 0 fully saturated rings. The summed E-state index contributed by atoms with van der Waals surface area (Å²) in [5.41, 5.74) is -0.399. The van der Waals surface area contributed by atoms with Gasteiger partial charge in [0.05, 0.1) is 7.11 Å². The third kappa shape index (κ3) is 22.4. The SMILES string of the molecule is CCCCCCCCCNC(=O)OC(C)(C)C.CON. The molecule has 1 amide bonds. The van der Waals surface area contributed by atoms with Gasteiger partial charge in [0.2, 0.25) is 0 Å². The highest BCUT2D eigenvalue weighted by atomic mass is 16.6. The first-order valence-electron chi connectivity index (χ1n) is 7.57. The van der Waals surface area contributed by atoms with Gasteiger partial charge < -0.3 is 14.9 Å². The van der Waals surface area contributed by atoms with Gasteiger partial charge in [0, 0.05) is 6.54 Å². The van der Waals surface area contributed by atoms with Crippen LogP contribution in [0.3, 0.4) is 0 Å². The second-order valence-corrected chi connectivity index (χ2v) is 5.79. The predicted octanol–water partition coefficient (Wildman–Crippen LogP) is 3.77. The van der Waals surface area contributed by atoms with Gasteiger partial charge in [0.25, 0.3) is 0 Å². The monoisotopic (exact) mass is 290 g/mol. The van der Waals surface area contributed by atoms with E-state index in [1.54, 1.807) is 0 Å². The van der Waals surface area contributed by atoms with Crippen molar-refractivity contribution in [1.82, 2.24) is 5.32 Å². The van der Waals surface area contributed by atoms with Crippen LogP contribution in [0.4, 0.5) is 4.79 Å². The molecule has 5 nitrogen and oxygen atoms in total. The Hall–Kier alpha value is -0.810. The maximum Gasteiger partial charge on any atom is 0.407 e. The van der Waals surface area contributed by atoms with Gasteiger partial charge in [-0.05, 0) is 27.2 Å². The molecule has 0 spiro atoms. The van der Waals surface area contributed by atoms with Crippen molar-refractivity contribution in [3.63, 3.8) is 0 Å². The molecular formula is C15H34N2O3. The lowest BCUT2D eigenvalue weighted by atomic mass is 10.1. The van der Waals surface area contributed by atoms with Gasteiger partial charge in [-0.2, -0.15) is 0 Å². The molecule has 0 radical (unpaired) electrons. The van der Waals surface area contributed by atoms with E-state index < -0.39 is 5.60 Å². The molecule has 0 aliphatic heterocycles. The summed E-state index contributed by atoms with van der Waals surface area (Å²) in [7, 11) is 1.40. The van der Waals surface area contributed by atoms with Crippen LogP contribution in [0.1, 0.15) is 72.6 Å². The summed E-state index contributed by atoms with van der Waals surface area (Å²) in [5, 5.41) is 2.78. The van der Waals surface area contributed by atoms with Gasteiger partial charge in [-0.1, -0.05) is 45.4 Å². The Morgan fingerprint density at radius 1 is 1.05 bits per heavy atom. The average Bonchev–Trinajstić information content (AvgIpc) is 2.31. The fourth-order valence-corrected chi connectivity index (χ4v) is 1.59. The van der Waals surface area contributed by atoms with Gasteiger partial charge in [-0.25, -0.2) is 10.7 Å². The number of carbonyl (C=O) groups excluding carboxylic acids is 1. The minimum absolute atomic E-state index is 0.302. The number of hydrogen-bond donors (Lipinski definition) is 2. The topological polar surface area (TPSA) is 73.6 Å². The van der Waals surface area contributed by atoms with E-state index in [-0.39, 0.29) is 6.09 Å². The maximum absolute atomic E-state index is 11.3. The molecule has 0 rings (SSSR count). The van der Waals surface area contributed by atoms with E-state index in [9.17, 15) is 4.79 Å². The van der Waals surface area contributed by atoms with Gasteiger partial charge in [-0.15, -0.1) is 0 Å². The Morgan fingerprint density at radius 3 is 1.95 bits per heavy atom. The van der Waals surface area contributed by atoms with Crippen molar-refractivity contribution in [1.29, 1.82) is 0 Å². The summed E-state index contributed by atoms with van der Waals surface area (Å²) in [6.45, 7) is 8.58. The van der Waals surface area contributed by atoms with E-state index in [0.29, 0.717) is 0 Å². The molecule has 0 atom stereocenters. The largest absolute Gasteiger partial charge is 0.444 e. The predicted molar refractivity (Wildman–Crippen MR) is 83.4 cm³/mol. The van der Waals surface area contributed by atoms with Crippen molar-refractivity contribution in [3.8, 4) is 0 Å². The van der Waals surface area contributed by atoms with E-state index in [1.807, 2.05) is 20.8 Å². The molecule has 0 saturated carbocycles. The first-order chi connectivity index (χ1) is 9.37. The average molecular weight is 290 g/mol. The quantitative estimate of drug-likeness (QED) is 0.527. The third-order valence-corrected chi connectivity index (χ3v) is 2.45. The van der Waals surface area contributed by atoms with Gasteiger partial charge >= 0.3 is 6.09 Å². The van der Waals surface area contributed by atoms with E-state index in [1.165, 1.54) is 45.6 Å². The first kappa shape index (κ1) is 21.5. The van der Waals surface area contributed by atoms with Crippen LogP contribution >= 0.6 is 0 Å². The molecule has 0 aliphatic rings. The Labute approximate surface area is 124 Å². The molecule has 5 heteroatoms. The van der Waals surface area contributed by atoms with E-state index >= 15 is 0 Å². The lowest BCUT2D eigenvalue weighted by molar-refractivity contribution is 0.0527. The van der Waals surface area contributed by atoms with Crippen molar-refractivity contribution >= 4 is 6.09 Å². The molecule has 0 aromatic rings. The molecule has 0 aromatic heterocycles. The second-order valence-electron chi connectivity index (χ2n) is 5.79. The normalized spacial score (nSPS) is 10.5. The van der Waals surface area contributed by atoms with E-state index in [2.05, 4.69) is 23.0 Å². The number of alkyl carbamates (subject to hydrolysis) is 1. The molecule has 122 valence electrons. The number of nitrogens with two attached hydrogens (primary N) is 1.